The Balaban J connectivity index is 1.57. The molecule has 104 valence electrons. The van der Waals surface area contributed by atoms with Crippen LogP contribution in [0.5, 0.6) is 0 Å². The van der Waals surface area contributed by atoms with E-state index < -0.39 is 0 Å². The van der Waals surface area contributed by atoms with Crippen molar-refractivity contribution >= 4 is 27.5 Å². The minimum absolute atomic E-state index is 0.870. The summed E-state index contributed by atoms with van der Waals surface area (Å²) in [6, 6.07) is 6.19. The summed E-state index contributed by atoms with van der Waals surface area (Å²) < 4.78 is 1.05. The number of halogens is 2. The van der Waals surface area contributed by atoms with Crippen molar-refractivity contribution in [1.29, 1.82) is 0 Å². The van der Waals surface area contributed by atoms with Crippen LogP contribution in [-0.2, 0) is 6.54 Å². The van der Waals surface area contributed by atoms with Crippen molar-refractivity contribution in [3.8, 4) is 0 Å². The van der Waals surface area contributed by atoms with E-state index in [0.717, 1.165) is 33.8 Å². The summed E-state index contributed by atoms with van der Waals surface area (Å²) >= 11 is 9.75. The van der Waals surface area contributed by atoms with Crippen LogP contribution in [0.3, 0.4) is 0 Å². The molecule has 2 bridgehead atoms. The van der Waals surface area contributed by atoms with E-state index in [1.807, 2.05) is 6.07 Å². The zero-order valence-corrected chi connectivity index (χ0v) is 13.8. The first kappa shape index (κ1) is 13.9. The summed E-state index contributed by atoms with van der Waals surface area (Å²) in [5.74, 6) is 2.98. The van der Waals surface area contributed by atoms with E-state index in [4.69, 9.17) is 11.6 Å². The molecule has 0 amide bonds. The molecule has 3 rings (SSSR count). The number of rotatable bonds is 4. The van der Waals surface area contributed by atoms with E-state index in [1.165, 1.54) is 37.8 Å². The topological polar surface area (TPSA) is 3.24 Å². The smallest absolute Gasteiger partial charge is 0.0462 e. The Morgan fingerprint density at radius 3 is 2.79 bits per heavy atom. The fourth-order valence-electron chi connectivity index (χ4n) is 4.01. The normalized spacial score (nSPS) is 29.4. The molecule has 2 aliphatic carbocycles. The quantitative estimate of drug-likeness (QED) is 0.746. The summed E-state index contributed by atoms with van der Waals surface area (Å²) in [6.45, 7) is 2.19. The van der Waals surface area contributed by atoms with Gasteiger partial charge in [0.05, 0.1) is 0 Å². The molecule has 2 aliphatic rings. The molecular weight excluding hydrogens is 322 g/mol. The minimum Gasteiger partial charge on any atom is -0.302 e. The zero-order chi connectivity index (χ0) is 13.4. The van der Waals surface area contributed by atoms with Gasteiger partial charge in [-0.15, -0.1) is 0 Å². The maximum atomic E-state index is 6.30. The fraction of sp³-hybridized carbons (Fsp3) is 0.625. The van der Waals surface area contributed by atoms with Gasteiger partial charge in [0.2, 0.25) is 0 Å². The Hall–Kier alpha value is -0.0500. The zero-order valence-electron chi connectivity index (χ0n) is 11.4. The van der Waals surface area contributed by atoms with Crippen molar-refractivity contribution in [3.05, 3.63) is 33.3 Å². The van der Waals surface area contributed by atoms with E-state index in [1.54, 1.807) is 0 Å². The number of nitrogens with zero attached hydrogens (tertiary/aromatic N) is 1. The lowest BCUT2D eigenvalue weighted by molar-refractivity contribution is 0.214. The monoisotopic (exact) mass is 341 g/mol. The third kappa shape index (κ3) is 3.17. The first-order valence-corrected chi connectivity index (χ1v) is 8.41. The van der Waals surface area contributed by atoms with Gasteiger partial charge in [0.1, 0.15) is 0 Å². The third-order valence-corrected chi connectivity index (χ3v) is 5.73. The third-order valence-electron chi connectivity index (χ3n) is 4.89. The Kier molecular flexibility index (Phi) is 4.21. The van der Waals surface area contributed by atoms with Gasteiger partial charge in [-0.2, -0.15) is 0 Å². The molecule has 0 saturated heterocycles. The highest BCUT2D eigenvalue weighted by Gasteiger charge is 2.39. The van der Waals surface area contributed by atoms with E-state index >= 15 is 0 Å². The highest BCUT2D eigenvalue weighted by molar-refractivity contribution is 9.10. The molecule has 1 aromatic carbocycles. The summed E-state index contributed by atoms with van der Waals surface area (Å²) in [5.41, 5.74) is 1.23. The molecule has 19 heavy (non-hydrogen) atoms. The lowest BCUT2D eigenvalue weighted by Crippen LogP contribution is -2.28. The molecule has 1 aromatic rings. The van der Waals surface area contributed by atoms with Gasteiger partial charge in [-0.3, -0.25) is 0 Å². The van der Waals surface area contributed by atoms with Crippen LogP contribution in [0.1, 0.15) is 31.2 Å². The molecule has 3 heteroatoms. The maximum absolute atomic E-state index is 6.30. The Morgan fingerprint density at radius 1 is 1.32 bits per heavy atom. The Morgan fingerprint density at radius 2 is 2.16 bits per heavy atom. The molecule has 2 saturated carbocycles. The standard InChI is InChI=1S/C16H21BrClN/c1-19(9-13-4-5-15(17)8-16(13)18)10-14-7-11-2-3-12(14)6-11/h4-5,8,11-12,14H,2-3,6-7,9-10H2,1H3. The van der Waals surface area contributed by atoms with E-state index in [2.05, 4.69) is 40.0 Å². The molecule has 0 radical (unpaired) electrons. The van der Waals surface area contributed by atoms with E-state index in [-0.39, 0.29) is 0 Å². The van der Waals surface area contributed by atoms with Gasteiger partial charge < -0.3 is 4.90 Å². The second-order valence-electron chi connectivity index (χ2n) is 6.37. The molecule has 3 atom stereocenters. The van der Waals surface area contributed by atoms with Gasteiger partial charge in [0.15, 0.2) is 0 Å². The number of benzene rings is 1. The van der Waals surface area contributed by atoms with Crippen LogP contribution in [0.4, 0.5) is 0 Å². The average molecular weight is 343 g/mol. The van der Waals surface area contributed by atoms with E-state index in [0.29, 0.717) is 0 Å². The van der Waals surface area contributed by atoms with Crippen molar-refractivity contribution < 1.29 is 0 Å². The molecule has 2 fully saturated rings. The second-order valence-corrected chi connectivity index (χ2v) is 7.69. The molecule has 0 aromatic heterocycles. The summed E-state index contributed by atoms with van der Waals surface area (Å²) in [6.07, 6.45) is 5.92. The van der Waals surface area contributed by atoms with Crippen molar-refractivity contribution in [2.75, 3.05) is 13.6 Å². The Labute approximate surface area is 129 Å². The SMILES string of the molecule is CN(Cc1ccc(Br)cc1Cl)CC1CC2CCC1C2. The van der Waals surface area contributed by atoms with Crippen LogP contribution in [0.15, 0.2) is 22.7 Å². The molecule has 3 unspecified atom stereocenters. The van der Waals surface area contributed by atoms with Crippen molar-refractivity contribution in [2.24, 2.45) is 17.8 Å². The summed E-state index contributed by atoms with van der Waals surface area (Å²) in [4.78, 5) is 2.44. The predicted molar refractivity (Wildman–Crippen MR) is 84.4 cm³/mol. The Bertz CT molecular complexity index is 462. The van der Waals surface area contributed by atoms with Gasteiger partial charge in [0, 0.05) is 22.6 Å². The van der Waals surface area contributed by atoms with Gasteiger partial charge in [-0.25, -0.2) is 0 Å². The number of hydrogen-bond acceptors (Lipinski definition) is 1. The van der Waals surface area contributed by atoms with Gasteiger partial charge >= 0.3 is 0 Å². The summed E-state index contributed by atoms with van der Waals surface area (Å²) in [5, 5.41) is 0.870. The largest absolute Gasteiger partial charge is 0.302 e. The molecule has 0 heterocycles. The number of hydrogen-bond donors (Lipinski definition) is 0. The fourth-order valence-corrected chi connectivity index (χ4v) is 4.74. The lowest BCUT2D eigenvalue weighted by Gasteiger charge is -2.27. The summed E-state index contributed by atoms with van der Waals surface area (Å²) in [7, 11) is 2.23. The van der Waals surface area contributed by atoms with Crippen LogP contribution >= 0.6 is 27.5 Å². The molecule has 1 nitrogen and oxygen atoms in total. The van der Waals surface area contributed by atoms with Crippen LogP contribution in [0, 0.1) is 17.8 Å². The van der Waals surface area contributed by atoms with Crippen LogP contribution in [0.25, 0.3) is 0 Å². The molecule has 0 spiro atoms. The van der Waals surface area contributed by atoms with Crippen molar-refractivity contribution in [1.82, 2.24) is 4.90 Å². The number of fused-ring (bicyclic) bond motifs is 2. The molecule has 0 aliphatic heterocycles. The average Bonchev–Trinajstić information content (AvgIpc) is 2.95. The van der Waals surface area contributed by atoms with Crippen LogP contribution in [-0.4, -0.2) is 18.5 Å². The first-order valence-electron chi connectivity index (χ1n) is 7.24. The highest BCUT2D eigenvalue weighted by Crippen LogP contribution is 2.48. The minimum atomic E-state index is 0.870. The van der Waals surface area contributed by atoms with Gasteiger partial charge in [-0.05, 0) is 61.8 Å². The van der Waals surface area contributed by atoms with Gasteiger partial charge in [-0.1, -0.05) is 40.0 Å². The van der Waals surface area contributed by atoms with Crippen LogP contribution < -0.4 is 0 Å². The van der Waals surface area contributed by atoms with Crippen molar-refractivity contribution in [3.63, 3.8) is 0 Å². The van der Waals surface area contributed by atoms with E-state index in [9.17, 15) is 0 Å². The molecule has 0 N–H and O–H groups in total. The first-order chi connectivity index (χ1) is 9.11. The maximum Gasteiger partial charge on any atom is 0.0462 e. The molecular formula is C16H21BrClN. The highest BCUT2D eigenvalue weighted by atomic mass is 79.9. The lowest BCUT2D eigenvalue weighted by atomic mass is 9.88. The van der Waals surface area contributed by atoms with Gasteiger partial charge in [0.25, 0.3) is 0 Å². The predicted octanol–water partition coefficient (Wildman–Crippen LogP) is 4.97. The van der Waals surface area contributed by atoms with Crippen LogP contribution in [0.2, 0.25) is 5.02 Å². The second kappa shape index (κ2) is 5.75. The van der Waals surface area contributed by atoms with Crippen molar-refractivity contribution in [2.45, 2.75) is 32.2 Å².